The third kappa shape index (κ3) is 2.97. The Morgan fingerprint density at radius 1 is 1.38 bits per heavy atom. The molecule has 3 heteroatoms. The molecule has 0 amide bonds. The fourth-order valence-electron chi connectivity index (χ4n) is 1.83. The quantitative estimate of drug-likeness (QED) is 0.818. The molecule has 0 bridgehead atoms. The van der Waals surface area contributed by atoms with Crippen molar-refractivity contribution in [2.75, 3.05) is 20.6 Å². The summed E-state index contributed by atoms with van der Waals surface area (Å²) in [6, 6.07) is 6.82. The predicted molar refractivity (Wildman–Crippen MR) is 65.4 cm³/mol. The Bertz CT molecular complexity index is 348. The van der Waals surface area contributed by atoms with E-state index in [1.807, 2.05) is 32.0 Å². The lowest BCUT2D eigenvalue weighted by molar-refractivity contribution is -0.00793. The van der Waals surface area contributed by atoms with Crippen molar-refractivity contribution in [2.45, 2.75) is 19.4 Å². The maximum atomic E-state index is 10.5. The van der Waals surface area contributed by atoms with Crippen LogP contribution in [0.5, 0.6) is 5.75 Å². The summed E-state index contributed by atoms with van der Waals surface area (Å²) in [5, 5.41) is 19.9. The van der Waals surface area contributed by atoms with Gasteiger partial charge in [-0.2, -0.15) is 0 Å². The van der Waals surface area contributed by atoms with Crippen LogP contribution in [0.2, 0.25) is 0 Å². The monoisotopic (exact) mass is 223 g/mol. The maximum absolute atomic E-state index is 10.5. The summed E-state index contributed by atoms with van der Waals surface area (Å²) >= 11 is 0. The smallest absolute Gasteiger partial charge is 0.115 e. The van der Waals surface area contributed by atoms with Crippen LogP contribution in [0.3, 0.4) is 0 Å². The summed E-state index contributed by atoms with van der Waals surface area (Å²) in [5.74, 6) is 0.277. The molecule has 90 valence electrons. The minimum atomic E-state index is -0.928. The molecular weight excluding hydrogens is 202 g/mol. The second-order valence-electron chi connectivity index (χ2n) is 4.86. The van der Waals surface area contributed by atoms with Crippen molar-refractivity contribution in [1.29, 1.82) is 0 Å². The number of hydrogen-bond donors (Lipinski definition) is 2. The second-order valence-corrected chi connectivity index (χ2v) is 4.86. The average molecular weight is 223 g/mol. The summed E-state index contributed by atoms with van der Waals surface area (Å²) in [5.41, 5.74) is -0.176. The van der Waals surface area contributed by atoms with Crippen molar-refractivity contribution in [3.63, 3.8) is 0 Å². The highest BCUT2D eigenvalue weighted by atomic mass is 16.3. The zero-order valence-corrected chi connectivity index (χ0v) is 10.4. The predicted octanol–water partition coefficient (Wildman–Crippen LogP) is 1.80. The van der Waals surface area contributed by atoms with Gasteiger partial charge in [-0.25, -0.2) is 0 Å². The van der Waals surface area contributed by atoms with Crippen molar-refractivity contribution in [1.82, 2.24) is 4.90 Å². The maximum Gasteiger partial charge on any atom is 0.115 e. The Balaban J connectivity index is 2.92. The molecular formula is C13H21NO2. The number of aliphatic hydroxyl groups is 1. The lowest BCUT2D eigenvalue weighted by Crippen LogP contribution is -2.36. The van der Waals surface area contributed by atoms with Gasteiger partial charge in [0.1, 0.15) is 5.75 Å². The third-order valence-electron chi connectivity index (χ3n) is 3.03. The topological polar surface area (TPSA) is 43.7 Å². The molecule has 0 radical (unpaired) electrons. The number of nitrogens with zero attached hydrogens (tertiary/aromatic N) is 1. The summed E-state index contributed by atoms with van der Waals surface area (Å²) in [6.45, 7) is 4.59. The highest BCUT2D eigenvalue weighted by Crippen LogP contribution is 2.31. The Morgan fingerprint density at radius 3 is 2.50 bits per heavy atom. The van der Waals surface area contributed by atoms with Crippen LogP contribution in [0.4, 0.5) is 0 Å². The van der Waals surface area contributed by atoms with Gasteiger partial charge in [0.15, 0.2) is 0 Å². The van der Waals surface area contributed by atoms with Crippen LogP contribution in [0.1, 0.15) is 19.4 Å². The van der Waals surface area contributed by atoms with Crippen LogP contribution < -0.4 is 0 Å². The molecule has 0 aliphatic rings. The number of benzene rings is 1. The van der Waals surface area contributed by atoms with E-state index in [1.54, 1.807) is 25.1 Å². The first-order valence-corrected chi connectivity index (χ1v) is 5.50. The molecule has 0 saturated carbocycles. The van der Waals surface area contributed by atoms with Crippen LogP contribution in [-0.4, -0.2) is 35.8 Å². The molecule has 0 fully saturated rings. The zero-order valence-electron chi connectivity index (χ0n) is 10.4. The van der Waals surface area contributed by atoms with Gasteiger partial charge in [-0.15, -0.1) is 0 Å². The van der Waals surface area contributed by atoms with Gasteiger partial charge in [-0.3, -0.25) is 0 Å². The molecule has 0 aliphatic heterocycles. The van der Waals surface area contributed by atoms with Crippen LogP contribution in [0.15, 0.2) is 24.3 Å². The molecule has 2 atom stereocenters. The van der Waals surface area contributed by atoms with Gasteiger partial charge < -0.3 is 15.1 Å². The van der Waals surface area contributed by atoms with Crippen molar-refractivity contribution < 1.29 is 10.2 Å². The van der Waals surface area contributed by atoms with E-state index in [-0.39, 0.29) is 11.7 Å². The molecule has 0 aromatic heterocycles. The second kappa shape index (κ2) is 4.85. The third-order valence-corrected chi connectivity index (χ3v) is 3.03. The summed E-state index contributed by atoms with van der Waals surface area (Å²) < 4.78 is 0. The van der Waals surface area contributed by atoms with E-state index in [9.17, 15) is 10.2 Å². The van der Waals surface area contributed by atoms with E-state index < -0.39 is 5.60 Å². The normalized spacial score (nSPS) is 17.1. The Kier molecular flexibility index (Phi) is 3.94. The highest BCUT2D eigenvalue weighted by Gasteiger charge is 2.30. The molecule has 0 aliphatic carbocycles. The van der Waals surface area contributed by atoms with Gasteiger partial charge in [0.2, 0.25) is 0 Å². The Morgan fingerprint density at radius 2 is 2.00 bits per heavy atom. The van der Waals surface area contributed by atoms with Gasteiger partial charge in [0.25, 0.3) is 0 Å². The molecule has 0 saturated heterocycles. The molecule has 3 nitrogen and oxygen atoms in total. The number of rotatable bonds is 4. The van der Waals surface area contributed by atoms with Crippen molar-refractivity contribution in [3.8, 4) is 5.75 Å². The van der Waals surface area contributed by atoms with E-state index in [2.05, 4.69) is 0 Å². The van der Waals surface area contributed by atoms with Gasteiger partial charge in [0, 0.05) is 12.5 Å². The average Bonchev–Trinajstić information content (AvgIpc) is 2.16. The fraction of sp³-hybridized carbons (Fsp3) is 0.538. The van der Waals surface area contributed by atoms with Crippen LogP contribution in [0, 0.1) is 5.92 Å². The molecule has 0 heterocycles. The van der Waals surface area contributed by atoms with Gasteiger partial charge in [-0.05, 0) is 38.7 Å². The summed E-state index contributed by atoms with van der Waals surface area (Å²) in [6.07, 6.45) is 0. The van der Waals surface area contributed by atoms with Crippen LogP contribution in [-0.2, 0) is 5.60 Å². The standard InChI is InChI=1S/C13H21NO2/c1-10(9-14(3)4)13(2,16)11-6-5-7-12(15)8-11/h5-8,10,15-16H,9H2,1-4H3. The van der Waals surface area contributed by atoms with Gasteiger partial charge in [-0.1, -0.05) is 19.1 Å². The van der Waals surface area contributed by atoms with E-state index in [4.69, 9.17) is 0 Å². The number of aromatic hydroxyl groups is 1. The van der Waals surface area contributed by atoms with E-state index in [1.165, 1.54) is 0 Å². The van der Waals surface area contributed by atoms with Gasteiger partial charge in [0.05, 0.1) is 5.60 Å². The number of phenolic OH excluding ortho intramolecular Hbond substituents is 1. The van der Waals surface area contributed by atoms with Crippen molar-refractivity contribution >= 4 is 0 Å². The fourth-order valence-corrected chi connectivity index (χ4v) is 1.83. The SMILES string of the molecule is CC(CN(C)C)C(C)(O)c1cccc(O)c1. The Labute approximate surface area is 97.3 Å². The minimum Gasteiger partial charge on any atom is -0.508 e. The van der Waals surface area contributed by atoms with Crippen molar-refractivity contribution in [3.05, 3.63) is 29.8 Å². The zero-order chi connectivity index (χ0) is 12.3. The molecule has 16 heavy (non-hydrogen) atoms. The minimum absolute atomic E-state index is 0.0873. The van der Waals surface area contributed by atoms with E-state index >= 15 is 0 Å². The first-order chi connectivity index (χ1) is 7.34. The van der Waals surface area contributed by atoms with Gasteiger partial charge >= 0.3 is 0 Å². The summed E-state index contributed by atoms with van der Waals surface area (Å²) in [4.78, 5) is 2.04. The van der Waals surface area contributed by atoms with Crippen LogP contribution in [0.25, 0.3) is 0 Å². The first-order valence-electron chi connectivity index (χ1n) is 5.50. The largest absolute Gasteiger partial charge is 0.508 e. The lowest BCUT2D eigenvalue weighted by Gasteiger charge is -2.32. The van der Waals surface area contributed by atoms with E-state index in [0.717, 1.165) is 12.1 Å². The molecule has 2 N–H and O–H groups in total. The molecule has 1 rings (SSSR count). The van der Waals surface area contributed by atoms with E-state index in [0.29, 0.717) is 0 Å². The molecule has 2 unspecified atom stereocenters. The number of phenols is 1. The first kappa shape index (κ1) is 13.0. The van der Waals surface area contributed by atoms with Crippen LogP contribution >= 0.6 is 0 Å². The molecule has 1 aromatic carbocycles. The highest BCUT2D eigenvalue weighted by molar-refractivity contribution is 5.31. The molecule has 0 spiro atoms. The molecule has 1 aromatic rings. The number of hydrogen-bond acceptors (Lipinski definition) is 3. The summed E-state index contributed by atoms with van der Waals surface area (Å²) in [7, 11) is 3.96. The lowest BCUT2D eigenvalue weighted by atomic mass is 9.83. The van der Waals surface area contributed by atoms with Crippen molar-refractivity contribution in [2.24, 2.45) is 5.92 Å². The Hall–Kier alpha value is -1.06.